The van der Waals surface area contributed by atoms with E-state index in [0.29, 0.717) is 38.3 Å². The molecule has 1 amide bonds. The average molecular weight is 354 g/mol. The molecule has 1 saturated heterocycles. The molecule has 2 rings (SSSR count). The lowest BCUT2D eigenvalue weighted by Crippen LogP contribution is -2.50. The van der Waals surface area contributed by atoms with Crippen molar-refractivity contribution >= 4 is 15.9 Å². The van der Waals surface area contributed by atoms with E-state index < -0.39 is 10.0 Å². The van der Waals surface area contributed by atoms with Gasteiger partial charge in [-0.1, -0.05) is 19.8 Å². The fraction of sp³-hybridized carbons (Fsp3) is 0.588. The Morgan fingerprint density at radius 2 is 1.71 bits per heavy atom. The van der Waals surface area contributed by atoms with Crippen LogP contribution in [0.5, 0.6) is 5.75 Å². The highest BCUT2D eigenvalue weighted by molar-refractivity contribution is 7.89. The molecule has 24 heavy (non-hydrogen) atoms. The third-order valence-electron chi connectivity index (χ3n) is 4.28. The minimum absolute atomic E-state index is 0.130. The van der Waals surface area contributed by atoms with E-state index in [1.165, 1.54) is 4.31 Å². The lowest BCUT2D eigenvalue weighted by atomic mass is 10.2. The molecule has 6 nitrogen and oxygen atoms in total. The molecule has 1 aliphatic rings. The lowest BCUT2D eigenvalue weighted by Gasteiger charge is -2.34. The van der Waals surface area contributed by atoms with Gasteiger partial charge in [-0.3, -0.25) is 4.79 Å². The molecular weight excluding hydrogens is 328 g/mol. The van der Waals surface area contributed by atoms with E-state index in [4.69, 9.17) is 4.74 Å². The van der Waals surface area contributed by atoms with Gasteiger partial charge in [-0.25, -0.2) is 8.42 Å². The molecule has 7 heteroatoms. The van der Waals surface area contributed by atoms with Crippen LogP contribution >= 0.6 is 0 Å². The van der Waals surface area contributed by atoms with Crippen LogP contribution in [0.3, 0.4) is 0 Å². The van der Waals surface area contributed by atoms with Crippen molar-refractivity contribution in [2.24, 2.45) is 0 Å². The minimum Gasteiger partial charge on any atom is -0.497 e. The molecule has 134 valence electrons. The van der Waals surface area contributed by atoms with Gasteiger partial charge in [0.05, 0.1) is 12.0 Å². The number of methoxy groups -OCH3 is 1. The Hall–Kier alpha value is -1.60. The third kappa shape index (κ3) is 4.48. The molecule has 0 spiro atoms. The van der Waals surface area contributed by atoms with E-state index in [1.807, 2.05) is 0 Å². The summed E-state index contributed by atoms with van der Waals surface area (Å²) in [5.74, 6) is 0.751. The molecule has 1 aromatic rings. The maximum absolute atomic E-state index is 12.7. The molecular formula is C17H26N2O4S. The molecule has 0 bridgehead atoms. The number of ether oxygens (including phenoxy) is 1. The van der Waals surface area contributed by atoms with Crippen LogP contribution in [-0.2, 0) is 14.8 Å². The first-order valence-corrected chi connectivity index (χ1v) is 9.85. The number of piperazine rings is 1. The largest absolute Gasteiger partial charge is 0.497 e. The minimum atomic E-state index is -3.52. The van der Waals surface area contributed by atoms with E-state index in [1.54, 1.807) is 36.3 Å². The van der Waals surface area contributed by atoms with Gasteiger partial charge in [-0.05, 0) is 30.7 Å². The topological polar surface area (TPSA) is 66.9 Å². The fourth-order valence-corrected chi connectivity index (χ4v) is 4.18. The van der Waals surface area contributed by atoms with Gasteiger partial charge in [0.1, 0.15) is 5.75 Å². The zero-order valence-corrected chi connectivity index (χ0v) is 15.2. The van der Waals surface area contributed by atoms with Gasteiger partial charge in [0, 0.05) is 32.6 Å². The first-order valence-electron chi connectivity index (χ1n) is 8.41. The van der Waals surface area contributed by atoms with Gasteiger partial charge >= 0.3 is 0 Å². The first kappa shape index (κ1) is 18.7. The standard InChI is InChI=1S/C17H26N2O4S/c1-3-4-5-6-17(20)18-11-13-19(14-12-18)24(21,22)16-9-7-15(23-2)8-10-16/h7-10H,3-6,11-14H2,1-2H3. The van der Waals surface area contributed by atoms with Crippen LogP contribution in [0.25, 0.3) is 0 Å². The van der Waals surface area contributed by atoms with Crippen molar-refractivity contribution in [1.82, 2.24) is 9.21 Å². The first-order chi connectivity index (χ1) is 11.5. The summed E-state index contributed by atoms with van der Waals surface area (Å²) in [6.45, 7) is 3.70. The summed E-state index contributed by atoms with van der Waals surface area (Å²) < 4.78 is 31.8. The smallest absolute Gasteiger partial charge is 0.243 e. The van der Waals surface area contributed by atoms with Crippen molar-refractivity contribution in [3.63, 3.8) is 0 Å². The molecule has 1 fully saturated rings. The number of carbonyl (C=O) groups excluding carboxylic acids is 1. The number of carbonyl (C=O) groups is 1. The molecule has 0 saturated carbocycles. The van der Waals surface area contributed by atoms with Crippen molar-refractivity contribution in [1.29, 1.82) is 0 Å². The van der Waals surface area contributed by atoms with Gasteiger partial charge in [-0.2, -0.15) is 4.31 Å². The predicted octanol–water partition coefficient (Wildman–Crippen LogP) is 2.11. The molecule has 1 heterocycles. The monoisotopic (exact) mass is 354 g/mol. The van der Waals surface area contributed by atoms with Crippen molar-refractivity contribution in [3.8, 4) is 5.75 Å². The van der Waals surface area contributed by atoms with Crippen molar-refractivity contribution in [2.75, 3.05) is 33.3 Å². The van der Waals surface area contributed by atoms with Crippen LogP contribution in [0.4, 0.5) is 0 Å². The second-order valence-electron chi connectivity index (χ2n) is 5.92. The second-order valence-corrected chi connectivity index (χ2v) is 7.86. The van der Waals surface area contributed by atoms with Gasteiger partial charge in [-0.15, -0.1) is 0 Å². The van der Waals surface area contributed by atoms with Gasteiger partial charge in [0.15, 0.2) is 0 Å². The molecule has 0 radical (unpaired) electrons. The van der Waals surface area contributed by atoms with E-state index in [2.05, 4.69) is 6.92 Å². The van der Waals surface area contributed by atoms with Crippen LogP contribution in [0, 0.1) is 0 Å². The fourth-order valence-electron chi connectivity index (χ4n) is 2.76. The quantitative estimate of drug-likeness (QED) is 0.704. The molecule has 0 aliphatic carbocycles. The summed E-state index contributed by atoms with van der Waals surface area (Å²) in [4.78, 5) is 14.1. The van der Waals surface area contributed by atoms with Gasteiger partial charge < -0.3 is 9.64 Å². The number of hydrogen-bond donors (Lipinski definition) is 0. The Morgan fingerprint density at radius 1 is 1.08 bits per heavy atom. The Labute approximate surface area is 144 Å². The SMILES string of the molecule is CCCCCC(=O)N1CCN(S(=O)(=O)c2ccc(OC)cc2)CC1. The van der Waals surface area contributed by atoms with Gasteiger partial charge in [0.25, 0.3) is 0 Å². The van der Waals surface area contributed by atoms with Crippen molar-refractivity contribution in [2.45, 2.75) is 37.5 Å². The summed E-state index contributed by atoms with van der Waals surface area (Å²) in [5, 5.41) is 0. The molecule has 0 unspecified atom stereocenters. The number of amides is 1. The lowest BCUT2D eigenvalue weighted by molar-refractivity contribution is -0.132. The maximum Gasteiger partial charge on any atom is 0.243 e. The van der Waals surface area contributed by atoms with Crippen molar-refractivity contribution in [3.05, 3.63) is 24.3 Å². The van der Waals surface area contributed by atoms with Crippen molar-refractivity contribution < 1.29 is 17.9 Å². The molecule has 1 aliphatic heterocycles. The Morgan fingerprint density at radius 3 is 2.25 bits per heavy atom. The zero-order valence-electron chi connectivity index (χ0n) is 14.4. The summed E-state index contributed by atoms with van der Waals surface area (Å²) >= 11 is 0. The number of unbranched alkanes of at least 4 members (excludes halogenated alkanes) is 2. The highest BCUT2D eigenvalue weighted by Gasteiger charge is 2.29. The highest BCUT2D eigenvalue weighted by atomic mass is 32.2. The summed E-state index contributed by atoms with van der Waals surface area (Å²) in [7, 11) is -1.98. The third-order valence-corrected chi connectivity index (χ3v) is 6.20. The van der Waals surface area contributed by atoms with Crippen LogP contribution in [0.1, 0.15) is 32.6 Å². The summed E-state index contributed by atoms with van der Waals surface area (Å²) in [6, 6.07) is 6.38. The van der Waals surface area contributed by atoms with E-state index in [-0.39, 0.29) is 10.8 Å². The Balaban J connectivity index is 1.94. The number of nitrogens with zero attached hydrogens (tertiary/aromatic N) is 2. The molecule has 1 aromatic carbocycles. The zero-order chi connectivity index (χ0) is 17.6. The molecule has 0 N–H and O–H groups in total. The number of hydrogen-bond acceptors (Lipinski definition) is 4. The molecule has 0 atom stereocenters. The predicted molar refractivity (Wildman–Crippen MR) is 92.5 cm³/mol. The number of benzene rings is 1. The Kier molecular flexibility index (Phi) is 6.62. The Bertz CT molecular complexity index is 635. The maximum atomic E-state index is 12.7. The van der Waals surface area contributed by atoms with Crippen LogP contribution in [0.15, 0.2) is 29.2 Å². The van der Waals surface area contributed by atoms with Crippen LogP contribution in [-0.4, -0.2) is 56.8 Å². The van der Waals surface area contributed by atoms with Gasteiger partial charge in [0.2, 0.25) is 15.9 Å². The highest BCUT2D eigenvalue weighted by Crippen LogP contribution is 2.21. The summed E-state index contributed by atoms with van der Waals surface area (Å²) in [5.41, 5.74) is 0. The van der Waals surface area contributed by atoms with Crippen LogP contribution < -0.4 is 4.74 Å². The molecule has 0 aromatic heterocycles. The van der Waals surface area contributed by atoms with E-state index in [0.717, 1.165) is 19.3 Å². The number of sulfonamides is 1. The number of rotatable bonds is 7. The van der Waals surface area contributed by atoms with E-state index in [9.17, 15) is 13.2 Å². The normalized spacial score (nSPS) is 16.2. The summed E-state index contributed by atoms with van der Waals surface area (Å²) in [6.07, 6.45) is 3.59. The van der Waals surface area contributed by atoms with Crippen LogP contribution in [0.2, 0.25) is 0 Å². The second kappa shape index (κ2) is 8.48. The van der Waals surface area contributed by atoms with E-state index >= 15 is 0 Å². The average Bonchev–Trinajstić information content (AvgIpc) is 2.62.